The molecule has 0 aliphatic carbocycles. The molecule has 1 rings (SSSR count). The summed E-state index contributed by atoms with van der Waals surface area (Å²) in [6.07, 6.45) is 0. The number of amides is 2. The Morgan fingerprint density at radius 2 is 1.84 bits per heavy atom. The third-order valence-electron chi connectivity index (χ3n) is 2.22. The van der Waals surface area contributed by atoms with Gasteiger partial charge >= 0.3 is 6.03 Å². The highest BCUT2D eigenvalue weighted by Gasteiger charge is 2.22. The summed E-state index contributed by atoms with van der Waals surface area (Å²) in [5.41, 5.74) is 5.88. The second kappa shape index (κ2) is 5.08. The molecule has 0 saturated carbocycles. The summed E-state index contributed by atoms with van der Waals surface area (Å²) in [5.74, 6) is 0. The minimum Gasteiger partial charge on any atom is -0.399 e. The normalized spacial score (nSPS) is 12.0. The number of nitrogens with two attached hydrogens (primary N) is 1. The van der Waals surface area contributed by atoms with E-state index in [9.17, 15) is 13.2 Å². The van der Waals surface area contributed by atoms with Crippen LogP contribution in [0.5, 0.6) is 0 Å². The van der Waals surface area contributed by atoms with Crippen molar-refractivity contribution in [3.8, 4) is 0 Å². The van der Waals surface area contributed by atoms with E-state index in [0.717, 1.165) is 0 Å². The van der Waals surface area contributed by atoms with E-state index >= 15 is 0 Å². The van der Waals surface area contributed by atoms with Crippen molar-refractivity contribution >= 4 is 21.7 Å². The van der Waals surface area contributed by atoms with Crippen LogP contribution in [0.1, 0.15) is 26.3 Å². The van der Waals surface area contributed by atoms with Gasteiger partial charge in [-0.3, -0.25) is 0 Å². The summed E-state index contributed by atoms with van der Waals surface area (Å²) < 4.78 is 26.1. The van der Waals surface area contributed by atoms with Crippen LogP contribution in [0.3, 0.4) is 0 Å². The summed E-state index contributed by atoms with van der Waals surface area (Å²) in [4.78, 5) is 11.6. The lowest BCUT2D eigenvalue weighted by atomic mass is 10.1. The van der Waals surface area contributed by atoms with Crippen LogP contribution in [0.25, 0.3) is 0 Å². The number of benzene rings is 1. The van der Waals surface area contributed by atoms with Gasteiger partial charge in [-0.05, 0) is 45.4 Å². The van der Waals surface area contributed by atoms with Gasteiger partial charge in [0.1, 0.15) is 0 Å². The van der Waals surface area contributed by atoms with E-state index in [1.165, 1.54) is 6.07 Å². The summed E-state index contributed by atoms with van der Waals surface area (Å²) in [6.45, 7) is 6.90. The number of carbonyl (C=O) groups is 1. The zero-order valence-corrected chi connectivity index (χ0v) is 12.3. The van der Waals surface area contributed by atoms with E-state index in [1.54, 1.807) is 39.8 Å². The molecule has 0 radical (unpaired) electrons. The molecule has 0 unspecified atom stereocenters. The maximum absolute atomic E-state index is 12.1. The Morgan fingerprint density at radius 3 is 2.37 bits per heavy atom. The fourth-order valence-electron chi connectivity index (χ4n) is 1.45. The van der Waals surface area contributed by atoms with E-state index in [0.29, 0.717) is 11.3 Å². The highest BCUT2D eigenvalue weighted by molar-refractivity contribution is 7.90. The fourth-order valence-corrected chi connectivity index (χ4v) is 2.64. The average Bonchev–Trinajstić information content (AvgIpc) is 2.17. The number of urea groups is 1. The van der Waals surface area contributed by atoms with Crippen LogP contribution in [-0.2, 0) is 10.0 Å². The third kappa shape index (κ3) is 4.44. The summed E-state index contributed by atoms with van der Waals surface area (Å²) in [6, 6.07) is 3.74. The van der Waals surface area contributed by atoms with Crippen molar-refractivity contribution in [1.82, 2.24) is 10.0 Å². The highest BCUT2D eigenvalue weighted by atomic mass is 32.2. The van der Waals surface area contributed by atoms with Crippen LogP contribution in [0.15, 0.2) is 23.1 Å². The van der Waals surface area contributed by atoms with Gasteiger partial charge in [-0.15, -0.1) is 0 Å². The molecular formula is C12H19N3O3S. The predicted molar refractivity (Wildman–Crippen MR) is 74.2 cm³/mol. The van der Waals surface area contributed by atoms with E-state index in [1.807, 2.05) is 4.72 Å². The van der Waals surface area contributed by atoms with Gasteiger partial charge in [0.2, 0.25) is 0 Å². The molecule has 0 aliphatic rings. The molecule has 7 heteroatoms. The first-order valence-electron chi connectivity index (χ1n) is 5.72. The van der Waals surface area contributed by atoms with Gasteiger partial charge in [-0.2, -0.15) is 0 Å². The molecule has 0 aromatic heterocycles. The summed E-state index contributed by atoms with van der Waals surface area (Å²) in [5, 5.41) is 2.52. The van der Waals surface area contributed by atoms with Gasteiger partial charge < -0.3 is 11.1 Å². The fraction of sp³-hybridized carbons (Fsp3) is 0.417. The molecule has 106 valence electrons. The molecule has 0 fully saturated rings. The minimum absolute atomic E-state index is 0.00319. The van der Waals surface area contributed by atoms with Crippen molar-refractivity contribution in [3.05, 3.63) is 23.8 Å². The Bertz CT molecular complexity index is 589. The number of anilines is 1. The molecule has 1 aromatic rings. The quantitative estimate of drug-likeness (QED) is 0.714. The Morgan fingerprint density at radius 1 is 1.26 bits per heavy atom. The van der Waals surface area contributed by atoms with Crippen molar-refractivity contribution < 1.29 is 13.2 Å². The van der Waals surface area contributed by atoms with Crippen molar-refractivity contribution in [1.29, 1.82) is 0 Å². The zero-order valence-electron chi connectivity index (χ0n) is 11.4. The van der Waals surface area contributed by atoms with Crippen LogP contribution in [0.2, 0.25) is 0 Å². The molecule has 0 aliphatic heterocycles. The first-order valence-corrected chi connectivity index (χ1v) is 7.21. The van der Waals surface area contributed by atoms with Gasteiger partial charge in [-0.25, -0.2) is 17.9 Å². The molecule has 2 amide bonds. The number of rotatable bonds is 2. The standard InChI is InChI=1S/C12H19N3O3S/c1-8-5-6-9(13)7-10(8)19(17,18)15-11(16)14-12(2,3)4/h5-7H,13H2,1-4H3,(H2,14,15,16). The van der Waals surface area contributed by atoms with E-state index in [4.69, 9.17) is 5.73 Å². The highest BCUT2D eigenvalue weighted by Crippen LogP contribution is 2.18. The topological polar surface area (TPSA) is 101 Å². The maximum atomic E-state index is 12.1. The molecular weight excluding hydrogens is 266 g/mol. The van der Waals surface area contributed by atoms with Crippen molar-refractivity contribution in [2.45, 2.75) is 38.1 Å². The predicted octanol–water partition coefficient (Wildman–Crippen LogP) is 1.36. The molecule has 19 heavy (non-hydrogen) atoms. The molecule has 6 nitrogen and oxygen atoms in total. The number of carbonyl (C=O) groups excluding carboxylic acids is 1. The molecule has 0 heterocycles. The molecule has 0 bridgehead atoms. The Labute approximate surface area is 113 Å². The Hall–Kier alpha value is -1.76. The van der Waals surface area contributed by atoms with Gasteiger partial charge in [0.15, 0.2) is 0 Å². The number of hydrogen-bond donors (Lipinski definition) is 3. The van der Waals surface area contributed by atoms with E-state index in [-0.39, 0.29) is 4.90 Å². The third-order valence-corrected chi connectivity index (χ3v) is 3.69. The lowest BCUT2D eigenvalue weighted by Crippen LogP contribution is -2.48. The Kier molecular flexibility index (Phi) is 4.09. The first-order chi connectivity index (χ1) is 8.51. The monoisotopic (exact) mass is 285 g/mol. The smallest absolute Gasteiger partial charge is 0.329 e. The zero-order chi connectivity index (χ0) is 14.8. The maximum Gasteiger partial charge on any atom is 0.329 e. The lowest BCUT2D eigenvalue weighted by Gasteiger charge is -2.20. The molecule has 0 spiro atoms. The van der Waals surface area contributed by atoms with Gasteiger partial charge in [0.25, 0.3) is 10.0 Å². The minimum atomic E-state index is -3.93. The molecule has 1 aromatic carbocycles. The van der Waals surface area contributed by atoms with Crippen molar-refractivity contribution in [2.24, 2.45) is 0 Å². The van der Waals surface area contributed by atoms with Crippen LogP contribution in [0.4, 0.5) is 10.5 Å². The number of sulfonamides is 1. The van der Waals surface area contributed by atoms with Crippen molar-refractivity contribution in [3.63, 3.8) is 0 Å². The first kappa shape index (κ1) is 15.3. The molecule has 0 saturated heterocycles. The number of aryl methyl sites for hydroxylation is 1. The summed E-state index contributed by atoms with van der Waals surface area (Å²) >= 11 is 0. The largest absolute Gasteiger partial charge is 0.399 e. The SMILES string of the molecule is Cc1ccc(N)cc1S(=O)(=O)NC(=O)NC(C)(C)C. The second-order valence-corrected chi connectivity index (χ2v) is 6.99. The van der Waals surface area contributed by atoms with Crippen molar-refractivity contribution in [2.75, 3.05) is 5.73 Å². The lowest BCUT2D eigenvalue weighted by molar-refractivity contribution is 0.237. The van der Waals surface area contributed by atoms with Gasteiger partial charge in [0, 0.05) is 11.2 Å². The van der Waals surface area contributed by atoms with Gasteiger partial charge in [-0.1, -0.05) is 6.07 Å². The van der Waals surface area contributed by atoms with Crippen LogP contribution < -0.4 is 15.8 Å². The molecule has 4 N–H and O–H groups in total. The van der Waals surface area contributed by atoms with Gasteiger partial charge in [0.05, 0.1) is 4.90 Å². The second-order valence-electron chi connectivity index (χ2n) is 5.33. The average molecular weight is 285 g/mol. The number of hydrogen-bond acceptors (Lipinski definition) is 4. The summed E-state index contributed by atoms with van der Waals surface area (Å²) in [7, 11) is -3.93. The number of nitrogen functional groups attached to an aromatic ring is 1. The molecule has 0 atom stereocenters. The number of nitrogens with one attached hydrogen (secondary N) is 2. The van der Waals surface area contributed by atoms with E-state index in [2.05, 4.69) is 5.32 Å². The van der Waals surface area contributed by atoms with Crippen LogP contribution in [0, 0.1) is 6.92 Å². The van der Waals surface area contributed by atoms with Crippen LogP contribution >= 0.6 is 0 Å². The Balaban J connectivity index is 2.99. The van der Waals surface area contributed by atoms with E-state index < -0.39 is 21.6 Å². The van der Waals surface area contributed by atoms with Crippen LogP contribution in [-0.4, -0.2) is 20.0 Å².